The number of pyridine rings is 1. The molecular formula is C24H23ClFNO4. The van der Waals surface area contributed by atoms with Crippen molar-refractivity contribution >= 4 is 11.6 Å². The average Bonchev–Trinajstić information content (AvgIpc) is 2.79. The van der Waals surface area contributed by atoms with Gasteiger partial charge in [0.1, 0.15) is 29.7 Å². The number of ether oxygens (including phenoxy) is 4. The monoisotopic (exact) mass is 443 g/mol. The molecule has 4 rings (SSSR count). The van der Waals surface area contributed by atoms with E-state index >= 15 is 0 Å². The minimum absolute atomic E-state index is 0.143. The van der Waals surface area contributed by atoms with Crippen LogP contribution in [0.1, 0.15) is 30.5 Å². The Balaban J connectivity index is 1.31. The maximum Gasteiger partial charge on any atom is 0.158 e. The standard InChI is InChI=1S/C24H23ClFNO4/c25-18-5-8-21(9-6-18)31-23-12-19(26)11-22(13-23)29-15-17-4-7-20(27-14-17)16-30-24-3-1-2-10-28-24/h4-9,11-14,24H,1-3,10,15-16H2. The fourth-order valence-electron chi connectivity index (χ4n) is 3.13. The number of hydrogen-bond donors (Lipinski definition) is 0. The molecule has 1 aliphatic rings. The van der Waals surface area contributed by atoms with E-state index in [0.717, 1.165) is 37.1 Å². The zero-order chi connectivity index (χ0) is 21.5. The van der Waals surface area contributed by atoms with E-state index in [1.54, 1.807) is 36.5 Å². The van der Waals surface area contributed by atoms with E-state index in [9.17, 15) is 4.39 Å². The number of benzene rings is 2. The molecule has 1 aliphatic heterocycles. The molecule has 1 atom stereocenters. The van der Waals surface area contributed by atoms with Crippen LogP contribution < -0.4 is 9.47 Å². The number of aromatic nitrogens is 1. The summed E-state index contributed by atoms with van der Waals surface area (Å²) >= 11 is 5.87. The van der Waals surface area contributed by atoms with Crippen LogP contribution in [0.5, 0.6) is 17.2 Å². The third-order valence-corrected chi connectivity index (χ3v) is 4.99. The molecule has 2 aromatic carbocycles. The van der Waals surface area contributed by atoms with Crippen molar-refractivity contribution in [2.24, 2.45) is 0 Å². The maximum atomic E-state index is 14.0. The molecule has 5 nitrogen and oxygen atoms in total. The topological polar surface area (TPSA) is 49.8 Å². The second-order valence-corrected chi connectivity index (χ2v) is 7.67. The Kier molecular flexibility index (Phi) is 7.35. The summed E-state index contributed by atoms with van der Waals surface area (Å²) in [5, 5.41) is 0.601. The van der Waals surface area contributed by atoms with E-state index in [2.05, 4.69) is 4.98 Å². The summed E-state index contributed by atoms with van der Waals surface area (Å²) in [5.74, 6) is 0.817. The first kappa shape index (κ1) is 21.6. The van der Waals surface area contributed by atoms with Crippen LogP contribution in [0.3, 0.4) is 0 Å². The van der Waals surface area contributed by atoms with E-state index in [-0.39, 0.29) is 12.9 Å². The minimum Gasteiger partial charge on any atom is -0.489 e. The van der Waals surface area contributed by atoms with Crippen molar-refractivity contribution in [3.63, 3.8) is 0 Å². The van der Waals surface area contributed by atoms with Crippen LogP contribution >= 0.6 is 11.6 Å². The van der Waals surface area contributed by atoms with Gasteiger partial charge in [-0.15, -0.1) is 0 Å². The molecule has 1 unspecified atom stereocenters. The second kappa shape index (κ2) is 10.6. The highest BCUT2D eigenvalue weighted by atomic mass is 35.5. The molecule has 0 saturated carbocycles. The molecule has 0 amide bonds. The lowest BCUT2D eigenvalue weighted by Gasteiger charge is -2.22. The number of halogens is 2. The Bertz CT molecular complexity index is 976. The van der Waals surface area contributed by atoms with Crippen LogP contribution in [0.15, 0.2) is 60.8 Å². The molecule has 0 radical (unpaired) electrons. The fraction of sp³-hybridized carbons (Fsp3) is 0.292. The number of rotatable bonds is 8. The lowest BCUT2D eigenvalue weighted by atomic mass is 10.2. The van der Waals surface area contributed by atoms with Crippen LogP contribution in [-0.2, 0) is 22.7 Å². The van der Waals surface area contributed by atoms with Gasteiger partial charge >= 0.3 is 0 Å². The van der Waals surface area contributed by atoms with Gasteiger partial charge in [0.2, 0.25) is 0 Å². The highest BCUT2D eigenvalue weighted by Gasteiger charge is 2.14. The Hall–Kier alpha value is -2.67. The van der Waals surface area contributed by atoms with Gasteiger partial charge in [-0.3, -0.25) is 4.98 Å². The Labute approximate surface area is 185 Å². The Morgan fingerprint density at radius 1 is 0.968 bits per heavy atom. The van der Waals surface area contributed by atoms with Gasteiger partial charge in [0.15, 0.2) is 6.29 Å². The molecule has 0 N–H and O–H groups in total. The van der Waals surface area contributed by atoms with Crippen LogP contribution in [-0.4, -0.2) is 17.9 Å². The maximum absolute atomic E-state index is 14.0. The van der Waals surface area contributed by atoms with Gasteiger partial charge in [0, 0.05) is 41.6 Å². The first-order chi connectivity index (χ1) is 15.1. The molecule has 7 heteroatoms. The molecular weight excluding hydrogens is 421 g/mol. The summed E-state index contributed by atoms with van der Waals surface area (Å²) in [6.45, 7) is 1.41. The van der Waals surface area contributed by atoms with Gasteiger partial charge in [-0.05, 0) is 49.6 Å². The highest BCUT2D eigenvalue weighted by molar-refractivity contribution is 6.30. The first-order valence-corrected chi connectivity index (χ1v) is 10.6. The molecule has 0 bridgehead atoms. The molecule has 0 spiro atoms. The number of nitrogens with zero attached hydrogens (tertiary/aromatic N) is 1. The Morgan fingerprint density at radius 3 is 2.55 bits per heavy atom. The molecule has 2 heterocycles. The van der Waals surface area contributed by atoms with Crippen molar-refractivity contribution in [1.29, 1.82) is 0 Å². The molecule has 1 fully saturated rings. The van der Waals surface area contributed by atoms with E-state index in [1.807, 2.05) is 12.1 Å². The number of hydrogen-bond acceptors (Lipinski definition) is 5. The van der Waals surface area contributed by atoms with Gasteiger partial charge in [-0.25, -0.2) is 4.39 Å². The van der Waals surface area contributed by atoms with E-state index < -0.39 is 5.82 Å². The van der Waals surface area contributed by atoms with Crippen molar-refractivity contribution in [2.75, 3.05) is 6.61 Å². The lowest BCUT2D eigenvalue weighted by molar-refractivity contribution is -0.169. The molecule has 1 saturated heterocycles. The normalized spacial score (nSPS) is 16.1. The van der Waals surface area contributed by atoms with Crippen LogP contribution in [0.4, 0.5) is 4.39 Å². The zero-order valence-corrected chi connectivity index (χ0v) is 17.7. The van der Waals surface area contributed by atoms with Crippen molar-refractivity contribution < 1.29 is 23.3 Å². The fourth-order valence-corrected chi connectivity index (χ4v) is 3.26. The third-order valence-electron chi connectivity index (χ3n) is 4.74. The molecule has 0 aliphatic carbocycles. The van der Waals surface area contributed by atoms with Gasteiger partial charge in [-0.2, -0.15) is 0 Å². The van der Waals surface area contributed by atoms with Crippen molar-refractivity contribution in [3.05, 3.63) is 82.9 Å². The van der Waals surface area contributed by atoms with Gasteiger partial charge in [0.05, 0.1) is 12.3 Å². The van der Waals surface area contributed by atoms with E-state index in [1.165, 1.54) is 12.1 Å². The predicted octanol–water partition coefficient (Wildman–Crippen LogP) is 6.29. The predicted molar refractivity (Wildman–Crippen MR) is 115 cm³/mol. The smallest absolute Gasteiger partial charge is 0.158 e. The summed E-state index contributed by atoms with van der Waals surface area (Å²) < 4.78 is 36.7. The van der Waals surface area contributed by atoms with Crippen LogP contribution in [0.25, 0.3) is 0 Å². The van der Waals surface area contributed by atoms with Gasteiger partial charge in [-0.1, -0.05) is 17.7 Å². The summed E-state index contributed by atoms with van der Waals surface area (Å²) in [7, 11) is 0. The quantitative estimate of drug-likeness (QED) is 0.409. The summed E-state index contributed by atoms with van der Waals surface area (Å²) in [6, 6.07) is 14.9. The van der Waals surface area contributed by atoms with Crippen molar-refractivity contribution in [2.45, 2.75) is 38.8 Å². The van der Waals surface area contributed by atoms with Crippen molar-refractivity contribution in [1.82, 2.24) is 4.98 Å². The van der Waals surface area contributed by atoms with E-state index in [0.29, 0.717) is 28.9 Å². The summed E-state index contributed by atoms with van der Waals surface area (Å²) in [6.07, 6.45) is 4.72. The molecule has 31 heavy (non-hydrogen) atoms. The van der Waals surface area contributed by atoms with E-state index in [4.69, 9.17) is 30.5 Å². The lowest BCUT2D eigenvalue weighted by Crippen LogP contribution is -2.22. The molecule has 1 aromatic heterocycles. The zero-order valence-electron chi connectivity index (χ0n) is 16.9. The highest BCUT2D eigenvalue weighted by Crippen LogP contribution is 2.28. The molecule has 3 aromatic rings. The Morgan fingerprint density at radius 2 is 1.81 bits per heavy atom. The van der Waals surface area contributed by atoms with Crippen LogP contribution in [0, 0.1) is 5.82 Å². The minimum atomic E-state index is -0.447. The summed E-state index contributed by atoms with van der Waals surface area (Å²) in [4.78, 5) is 4.40. The van der Waals surface area contributed by atoms with Crippen molar-refractivity contribution in [3.8, 4) is 17.2 Å². The largest absolute Gasteiger partial charge is 0.489 e. The summed E-state index contributed by atoms with van der Waals surface area (Å²) in [5.41, 5.74) is 1.68. The second-order valence-electron chi connectivity index (χ2n) is 7.23. The first-order valence-electron chi connectivity index (χ1n) is 10.2. The third kappa shape index (κ3) is 6.66. The van der Waals surface area contributed by atoms with Gasteiger partial charge in [0.25, 0.3) is 0 Å². The molecule has 162 valence electrons. The average molecular weight is 444 g/mol. The van der Waals surface area contributed by atoms with Crippen LogP contribution in [0.2, 0.25) is 5.02 Å². The SMILES string of the molecule is Fc1cc(OCc2ccc(COC3CCCCO3)nc2)cc(Oc2ccc(Cl)cc2)c1. The van der Waals surface area contributed by atoms with Gasteiger partial charge < -0.3 is 18.9 Å².